The molecule has 4 nitrogen and oxygen atoms in total. The highest BCUT2D eigenvalue weighted by molar-refractivity contribution is 4.84. The summed E-state index contributed by atoms with van der Waals surface area (Å²) in [6.45, 7) is 11.6. The summed E-state index contributed by atoms with van der Waals surface area (Å²) in [5.41, 5.74) is 0. The molecular weight excluding hydrogens is 264 g/mol. The number of hydrogen-bond donors (Lipinski definition) is 0. The van der Waals surface area contributed by atoms with Gasteiger partial charge >= 0.3 is 0 Å². The molecule has 4 atom stereocenters. The summed E-state index contributed by atoms with van der Waals surface area (Å²) in [5, 5.41) is 0. The molecule has 0 aromatic heterocycles. The van der Waals surface area contributed by atoms with Gasteiger partial charge in [0.2, 0.25) is 0 Å². The normalized spacial score (nSPS) is 26.7. The zero-order valence-corrected chi connectivity index (χ0v) is 15.1. The molecule has 0 spiro atoms. The third-order valence-electron chi connectivity index (χ3n) is 4.13. The van der Waals surface area contributed by atoms with Crippen LogP contribution < -0.4 is 0 Å². The smallest absolute Gasteiger partial charge is 0.0677 e. The zero-order chi connectivity index (χ0) is 16.0. The lowest BCUT2D eigenvalue weighted by Gasteiger charge is -2.26. The summed E-state index contributed by atoms with van der Waals surface area (Å²) < 4.78 is 11.9. The molecular formula is C17H36N2O2. The number of nitrogens with zero attached hydrogens (tertiary/aromatic N) is 2. The van der Waals surface area contributed by atoms with Crippen LogP contribution in [0.1, 0.15) is 40.5 Å². The molecule has 1 aliphatic heterocycles. The molecule has 1 saturated heterocycles. The Balaban J connectivity index is 2.30. The molecule has 4 heteroatoms. The van der Waals surface area contributed by atoms with Crippen LogP contribution in [-0.4, -0.2) is 75.0 Å². The van der Waals surface area contributed by atoms with E-state index in [9.17, 15) is 0 Å². The van der Waals surface area contributed by atoms with Crippen LogP contribution in [0.2, 0.25) is 0 Å². The molecule has 1 rings (SSSR count). The number of likely N-dealkylation sites (N-methyl/N-ethyl adjacent to an activating group) is 1. The first-order valence-electron chi connectivity index (χ1n) is 8.40. The Labute approximate surface area is 131 Å². The minimum Gasteiger partial charge on any atom is -0.378 e. The van der Waals surface area contributed by atoms with Gasteiger partial charge in [-0.25, -0.2) is 0 Å². The van der Waals surface area contributed by atoms with E-state index < -0.39 is 0 Å². The van der Waals surface area contributed by atoms with Crippen LogP contribution in [0.4, 0.5) is 0 Å². The Kier molecular flexibility index (Phi) is 8.17. The van der Waals surface area contributed by atoms with E-state index in [0.717, 1.165) is 26.1 Å². The van der Waals surface area contributed by atoms with Gasteiger partial charge in [-0.05, 0) is 67.6 Å². The summed E-state index contributed by atoms with van der Waals surface area (Å²) in [6, 6.07) is 0.632. The highest BCUT2D eigenvalue weighted by atomic mass is 16.5. The van der Waals surface area contributed by atoms with Crippen molar-refractivity contribution in [3.8, 4) is 0 Å². The molecule has 0 saturated carbocycles. The number of likely N-dealkylation sites (tertiary alicyclic amines) is 1. The predicted molar refractivity (Wildman–Crippen MR) is 88.8 cm³/mol. The van der Waals surface area contributed by atoms with Gasteiger partial charge in [0.15, 0.2) is 0 Å². The van der Waals surface area contributed by atoms with Gasteiger partial charge in [0, 0.05) is 19.1 Å². The van der Waals surface area contributed by atoms with Crippen LogP contribution in [0.15, 0.2) is 0 Å². The fraction of sp³-hybridized carbons (Fsp3) is 1.00. The predicted octanol–water partition coefficient (Wildman–Crippen LogP) is 2.48. The Hall–Kier alpha value is -0.160. The highest BCUT2D eigenvalue weighted by Crippen LogP contribution is 2.26. The van der Waals surface area contributed by atoms with E-state index in [0.29, 0.717) is 30.3 Å². The maximum absolute atomic E-state index is 6.11. The summed E-state index contributed by atoms with van der Waals surface area (Å²) in [6.07, 6.45) is 3.30. The maximum Gasteiger partial charge on any atom is 0.0677 e. The first-order valence-corrected chi connectivity index (χ1v) is 8.40. The van der Waals surface area contributed by atoms with Gasteiger partial charge < -0.3 is 19.3 Å². The van der Waals surface area contributed by atoms with Crippen molar-refractivity contribution in [3.63, 3.8) is 0 Å². The third-order valence-corrected chi connectivity index (χ3v) is 4.13. The molecule has 0 N–H and O–H groups in total. The molecule has 0 amide bonds. The van der Waals surface area contributed by atoms with E-state index >= 15 is 0 Å². The van der Waals surface area contributed by atoms with Gasteiger partial charge in [0.05, 0.1) is 24.9 Å². The summed E-state index contributed by atoms with van der Waals surface area (Å²) >= 11 is 0. The second kappa shape index (κ2) is 9.09. The van der Waals surface area contributed by atoms with Crippen LogP contribution in [0.5, 0.6) is 0 Å². The Morgan fingerprint density at radius 2 is 1.81 bits per heavy atom. The molecule has 0 aromatic rings. The first-order chi connectivity index (χ1) is 9.77. The quantitative estimate of drug-likeness (QED) is 0.653. The monoisotopic (exact) mass is 300 g/mol. The Morgan fingerprint density at radius 1 is 1.14 bits per heavy atom. The minimum atomic E-state index is 0.293. The minimum absolute atomic E-state index is 0.293. The van der Waals surface area contributed by atoms with Gasteiger partial charge in [0.25, 0.3) is 0 Å². The fourth-order valence-electron chi connectivity index (χ4n) is 3.31. The molecule has 0 aliphatic carbocycles. The molecule has 0 aromatic carbocycles. The standard InChI is InChI=1S/C17H36N2O2/c1-13(2)20-12-16-9-17(19(7)11-16)8-14(3)21-15(4)10-18(5)6/h13-17H,8-12H2,1-7H3/t14?,15?,16-,17?/m1/s1. The summed E-state index contributed by atoms with van der Waals surface area (Å²) in [5.74, 6) is 0.675. The number of hydrogen-bond acceptors (Lipinski definition) is 4. The van der Waals surface area contributed by atoms with Gasteiger partial charge in [-0.1, -0.05) is 0 Å². The fourth-order valence-corrected chi connectivity index (χ4v) is 3.31. The van der Waals surface area contributed by atoms with Gasteiger partial charge in [-0.3, -0.25) is 0 Å². The molecule has 126 valence electrons. The van der Waals surface area contributed by atoms with E-state index in [1.807, 2.05) is 0 Å². The first kappa shape index (κ1) is 18.9. The van der Waals surface area contributed by atoms with E-state index in [1.165, 1.54) is 6.42 Å². The van der Waals surface area contributed by atoms with Crippen LogP contribution in [-0.2, 0) is 9.47 Å². The van der Waals surface area contributed by atoms with Crippen molar-refractivity contribution in [2.24, 2.45) is 5.92 Å². The van der Waals surface area contributed by atoms with Crippen LogP contribution in [0, 0.1) is 5.92 Å². The van der Waals surface area contributed by atoms with Crippen molar-refractivity contribution in [2.75, 3.05) is 40.8 Å². The lowest BCUT2D eigenvalue weighted by atomic mass is 10.0. The molecule has 21 heavy (non-hydrogen) atoms. The lowest BCUT2D eigenvalue weighted by molar-refractivity contribution is -0.0161. The van der Waals surface area contributed by atoms with Crippen LogP contribution >= 0.6 is 0 Å². The number of rotatable bonds is 9. The largest absolute Gasteiger partial charge is 0.378 e. The van der Waals surface area contributed by atoms with Crippen LogP contribution in [0.3, 0.4) is 0 Å². The van der Waals surface area contributed by atoms with E-state index in [2.05, 4.69) is 58.6 Å². The number of ether oxygens (including phenoxy) is 2. The summed E-state index contributed by atoms with van der Waals surface area (Å²) in [4.78, 5) is 4.66. The molecule has 3 unspecified atom stereocenters. The van der Waals surface area contributed by atoms with Crippen molar-refractivity contribution < 1.29 is 9.47 Å². The Morgan fingerprint density at radius 3 is 2.38 bits per heavy atom. The van der Waals surface area contributed by atoms with Crippen molar-refractivity contribution >= 4 is 0 Å². The van der Waals surface area contributed by atoms with Gasteiger partial charge in [-0.15, -0.1) is 0 Å². The van der Waals surface area contributed by atoms with Crippen molar-refractivity contribution in [1.82, 2.24) is 9.80 Å². The SMILES string of the molecule is CC(C)OC[C@@H]1CC(CC(C)OC(C)CN(C)C)N(C)C1. The van der Waals surface area contributed by atoms with E-state index in [1.54, 1.807) is 0 Å². The Bertz CT molecular complexity index is 284. The molecule has 0 radical (unpaired) electrons. The van der Waals surface area contributed by atoms with E-state index in [-0.39, 0.29) is 0 Å². The summed E-state index contributed by atoms with van der Waals surface area (Å²) in [7, 11) is 6.42. The van der Waals surface area contributed by atoms with E-state index in [4.69, 9.17) is 9.47 Å². The van der Waals surface area contributed by atoms with Gasteiger partial charge in [-0.2, -0.15) is 0 Å². The lowest BCUT2D eigenvalue weighted by Crippen LogP contribution is -2.33. The third kappa shape index (κ3) is 7.59. The molecule has 1 fully saturated rings. The zero-order valence-electron chi connectivity index (χ0n) is 15.1. The van der Waals surface area contributed by atoms with Crippen molar-refractivity contribution in [2.45, 2.75) is 64.9 Å². The second-order valence-corrected chi connectivity index (χ2v) is 7.33. The second-order valence-electron chi connectivity index (χ2n) is 7.33. The molecule has 1 heterocycles. The topological polar surface area (TPSA) is 24.9 Å². The van der Waals surface area contributed by atoms with Crippen molar-refractivity contribution in [3.05, 3.63) is 0 Å². The molecule has 1 aliphatic rings. The maximum atomic E-state index is 6.11. The van der Waals surface area contributed by atoms with Crippen LogP contribution in [0.25, 0.3) is 0 Å². The average Bonchev–Trinajstić information content (AvgIpc) is 2.66. The van der Waals surface area contributed by atoms with Crippen molar-refractivity contribution in [1.29, 1.82) is 0 Å². The average molecular weight is 300 g/mol. The molecule has 0 bridgehead atoms. The highest BCUT2D eigenvalue weighted by Gasteiger charge is 2.31. The van der Waals surface area contributed by atoms with Gasteiger partial charge in [0.1, 0.15) is 0 Å².